The quantitative estimate of drug-likeness (QED) is 0.739. The Morgan fingerprint density at radius 1 is 1.25 bits per heavy atom. The van der Waals surface area contributed by atoms with Crippen LogP contribution in [0.2, 0.25) is 0 Å². The van der Waals surface area contributed by atoms with Gasteiger partial charge in [0.1, 0.15) is 11.6 Å². The molecule has 0 aliphatic heterocycles. The molecule has 1 rings (SSSR count). The summed E-state index contributed by atoms with van der Waals surface area (Å²) < 4.78 is 26.1. The molecular formula is C12H15F2NO. The molecule has 0 radical (unpaired) electrons. The number of Topliss-reactive ketones (excluding diaryl/α,β-unsaturated/α-hetero) is 1. The minimum atomic E-state index is -0.821. The maximum Gasteiger partial charge on any atom is 0.185 e. The molecule has 1 aromatic carbocycles. The van der Waals surface area contributed by atoms with Gasteiger partial charge < -0.3 is 0 Å². The molecule has 0 aliphatic rings. The normalized spacial score (nSPS) is 11.9. The predicted molar refractivity (Wildman–Crippen MR) is 58.5 cm³/mol. The third-order valence-corrected chi connectivity index (χ3v) is 2.85. The first kappa shape index (κ1) is 12.8. The van der Waals surface area contributed by atoms with E-state index in [0.29, 0.717) is 0 Å². The van der Waals surface area contributed by atoms with E-state index in [9.17, 15) is 13.6 Å². The van der Waals surface area contributed by atoms with Crippen LogP contribution in [-0.2, 0) is 0 Å². The van der Waals surface area contributed by atoms with Crippen LogP contribution in [0.25, 0.3) is 0 Å². The smallest absolute Gasteiger partial charge is 0.185 e. The van der Waals surface area contributed by atoms with E-state index in [2.05, 4.69) is 0 Å². The second-order valence-corrected chi connectivity index (χ2v) is 4.41. The first-order chi connectivity index (χ1) is 7.26. The Balaban J connectivity index is 3.15. The lowest BCUT2D eigenvalue weighted by molar-refractivity contribution is 0.0751. The summed E-state index contributed by atoms with van der Waals surface area (Å²) in [5.41, 5.74) is -0.904. The number of carbonyl (C=O) groups excluding carboxylic acids is 1. The molecular weight excluding hydrogens is 212 g/mol. The highest BCUT2D eigenvalue weighted by atomic mass is 19.1. The standard InChI is InChI=1S/C12H15F2NO/c1-12(2,15(3)4)11(16)9-6-5-8(13)7-10(9)14/h5-7H,1-4H3. The molecule has 88 valence electrons. The van der Waals surface area contributed by atoms with Crippen molar-refractivity contribution in [2.45, 2.75) is 19.4 Å². The van der Waals surface area contributed by atoms with Crippen molar-refractivity contribution in [1.29, 1.82) is 0 Å². The van der Waals surface area contributed by atoms with Crippen molar-refractivity contribution >= 4 is 5.78 Å². The summed E-state index contributed by atoms with van der Waals surface area (Å²) >= 11 is 0. The van der Waals surface area contributed by atoms with Gasteiger partial charge in [0.15, 0.2) is 5.78 Å². The van der Waals surface area contributed by atoms with E-state index in [1.807, 2.05) is 0 Å². The maximum atomic E-state index is 13.4. The molecule has 0 saturated heterocycles. The Kier molecular flexibility index (Phi) is 3.43. The molecule has 0 unspecified atom stereocenters. The lowest BCUT2D eigenvalue weighted by atomic mass is 9.92. The second kappa shape index (κ2) is 4.29. The van der Waals surface area contributed by atoms with Crippen LogP contribution in [0.1, 0.15) is 24.2 Å². The highest BCUT2D eigenvalue weighted by molar-refractivity contribution is 6.02. The van der Waals surface area contributed by atoms with Crippen LogP contribution in [0.4, 0.5) is 8.78 Å². The number of benzene rings is 1. The average molecular weight is 227 g/mol. The summed E-state index contributed by atoms with van der Waals surface area (Å²) in [7, 11) is 3.47. The molecule has 1 aromatic rings. The van der Waals surface area contributed by atoms with Gasteiger partial charge in [-0.1, -0.05) is 0 Å². The van der Waals surface area contributed by atoms with Gasteiger partial charge in [-0.3, -0.25) is 9.69 Å². The molecule has 0 bridgehead atoms. The van der Waals surface area contributed by atoms with Gasteiger partial charge in [-0.05, 0) is 40.1 Å². The fourth-order valence-electron chi connectivity index (χ4n) is 1.21. The number of hydrogen-bond donors (Lipinski definition) is 0. The highest BCUT2D eigenvalue weighted by Crippen LogP contribution is 2.20. The largest absolute Gasteiger partial charge is 0.297 e. The topological polar surface area (TPSA) is 20.3 Å². The van der Waals surface area contributed by atoms with Crippen molar-refractivity contribution in [3.05, 3.63) is 35.4 Å². The molecule has 0 saturated carbocycles. The van der Waals surface area contributed by atoms with Gasteiger partial charge in [0.2, 0.25) is 0 Å². The Labute approximate surface area is 93.9 Å². The van der Waals surface area contributed by atoms with E-state index in [-0.39, 0.29) is 11.3 Å². The van der Waals surface area contributed by atoms with Crippen molar-refractivity contribution < 1.29 is 13.6 Å². The van der Waals surface area contributed by atoms with E-state index >= 15 is 0 Å². The van der Waals surface area contributed by atoms with Crippen molar-refractivity contribution in [2.24, 2.45) is 0 Å². The molecule has 0 aromatic heterocycles. The third-order valence-electron chi connectivity index (χ3n) is 2.85. The van der Waals surface area contributed by atoms with E-state index in [0.717, 1.165) is 12.1 Å². The fraction of sp³-hybridized carbons (Fsp3) is 0.417. The summed E-state index contributed by atoms with van der Waals surface area (Å²) in [5.74, 6) is -1.87. The van der Waals surface area contributed by atoms with Crippen LogP contribution in [0.15, 0.2) is 18.2 Å². The SMILES string of the molecule is CN(C)C(C)(C)C(=O)c1ccc(F)cc1F. The first-order valence-corrected chi connectivity index (χ1v) is 4.94. The van der Waals surface area contributed by atoms with Gasteiger partial charge in [-0.2, -0.15) is 0 Å². The Morgan fingerprint density at radius 3 is 2.25 bits per heavy atom. The summed E-state index contributed by atoms with van der Waals surface area (Å²) in [6.07, 6.45) is 0. The molecule has 2 nitrogen and oxygen atoms in total. The number of rotatable bonds is 3. The lowest BCUT2D eigenvalue weighted by Crippen LogP contribution is -2.46. The van der Waals surface area contributed by atoms with Crippen LogP contribution in [0.5, 0.6) is 0 Å². The zero-order valence-corrected chi connectivity index (χ0v) is 9.84. The van der Waals surface area contributed by atoms with Crippen molar-refractivity contribution in [3.8, 4) is 0 Å². The van der Waals surface area contributed by atoms with Gasteiger partial charge >= 0.3 is 0 Å². The zero-order valence-electron chi connectivity index (χ0n) is 9.84. The highest BCUT2D eigenvalue weighted by Gasteiger charge is 2.32. The molecule has 0 N–H and O–H groups in total. The Bertz CT molecular complexity index is 413. The number of carbonyl (C=O) groups is 1. The minimum absolute atomic E-state index is 0.0832. The van der Waals surface area contributed by atoms with E-state index in [1.54, 1.807) is 32.8 Å². The molecule has 0 amide bonds. The molecule has 0 atom stereocenters. The van der Waals surface area contributed by atoms with E-state index in [4.69, 9.17) is 0 Å². The molecule has 0 heterocycles. The summed E-state index contributed by atoms with van der Waals surface area (Å²) in [6, 6.07) is 2.99. The maximum absolute atomic E-state index is 13.4. The van der Waals surface area contributed by atoms with Crippen LogP contribution in [-0.4, -0.2) is 30.3 Å². The zero-order chi connectivity index (χ0) is 12.5. The van der Waals surface area contributed by atoms with Crippen molar-refractivity contribution in [1.82, 2.24) is 4.90 Å². The van der Waals surface area contributed by atoms with Gasteiger partial charge in [-0.15, -0.1) is 0 Å². The van der Waals surface area contributed by atoms with Gasteiger partial charge in [-0.25, -0.2) is 8.78 Å². The van der Waals surface area contributed by atoms with Gasteiger partial charge in [0.05, 0.1) is 11.1 Å². The van der Waals surface area contributed by atoms with E-state index < -0.39 is 17.2 Å². The van der Waals surface area contributed by atoms with Crippen LogP contribution < -0.4 is 0 Å². The summed E-state index contributed by atoms with van der Waals surface area (Å²) in [6.45, 7) is 3.39. The van der Waals surface area contributed by atoms with Crippen LogP contribution in [0, 0.1) is 11.6 Å². The molecule has 0 aliphatic carbocycles. The van der Waals surface area contributed by atoms with Crippen molar-refractivity contribution in [3.63, 3.8) is 0 Å². The molecule has 0 fully saturated rings. The first-order valence-electron chi connectivity index (χ1n) is 4.94. The predicted octanol–water partition coefficient (Wildman–Crippen LogP) is 2.49. The van der Waals surface area contributed by atoms with Crippen LogP contribution in [0.3, 0.4) is 0 Å². The number of nitrogens with zero attached hydrogens (tertiary/aromatic N) is 1. The number of hydrogen-bond acceptors (Lipinski definition) is 2. The number of ketones is 1. The number of likely N-dealkylation sites (N-methyl/N-ethyl adjacent to an activating group) is 1. The molecule has 16 heavy (non-hydrogen) atoms. The van der Waals surface area contributed by atoms with Crippen molar-refractivity contribution in [2.75, 3.05) is 14.1 Å². The molecule has 0 spiro atoms. The lowest BCUT2D eigenvalue weighted by Gasteiger charge is -2.30. The minimum Gasteiger partial charge on any atom is -0.297 e. The average Bonchev–Trinajstić information content (AvgIpc) is 2.16. The Hall–Kier alpha value is -1.29. The fourth-order valence-corrected chi connectivity index (χ4v) is 1.21. The Morgan fingerprint density at radius 2 is 1.81 bits per heavy atom. The second-order valence-electron chi connectivity index (χ2n) is 4.41. The summed E-state index contributed by atoms with van der Waals surface area (Å²) in [4.78, 5) is 13.7. The monoisotopic (exact) mass is 227 g/mol. The van der Waals surface area contributed by atoms with E-state index in [1.165, 1.54) is 6.07 Å². The molecule has 4 heteroatoms. The summed E-state index contributed by atoms with van der Waals surface area (Å²) in [5, 5.41) is 0. The number of halogens is 2. The van der Waals surface area contributed by atoms with Crippen LogP contribution >= 0.6 is 0 Å². The van der Waals surface area contributed by atoms with Gasteiger partial charge in [0, 0.05) is 6.07 Å². The third kappa shape index (κ3) is 2.27. The van der Waals surface area contributed by atoms with Gasteiger partial charge in [0.25, 0.3) is 0 Å².